The summed E-state index contributed by atoms with van der Waals surface area (Å²) >= 11 is 2.31. The van der Waals surface area contributed by atoms with Gasteiger partial charge in [-0.1, -0.05) is 20.4 Å². The third-order valence-corrected chi connectivity index (χ3v) is 5.76. The summed E-state index contributed by atoms with van der Waals surface area (Å²) in [6.07, 6.45) is 4.15. The molecule has 0 aromatic carbocycles. The zero-order valence-electron chi connectivity index (χ0n) is 16.4. The number of hydrogen-bond acceptors (Lipinski definition) is 5. The average molecular weight is 500 g/mol. The van der Waals surface area contributed by atoms with E-state index in [1.807, 2.05) is 51.6 Å². The summed E-state index contributed by atoms with van der Waals surface area (Å²) in [5, 5.41) is 13.2. The highest BCUT2D eigenvalue weighted by molar-refractivity contribution is 14.2. The number of halogens is 1. The Balaban J connectivity index is 0.00000126. The van der Waals surface area contributed by atoms with E-state index < -0.39 is 0 Å². The highest BCUT2D eigenvalue weighted by Crippen LogP contribution is 2.36. The molecule has 7 nitrogen and oxygen atoms in total. The fourth-order valence-corrected chi connectivity index (χ4v) is 4.25. The second-order valence-corrected chi connectivity index (χ2v) is 7.55. The predicted molar refractivity (Wildman–Crippen MR) is 123 cm³/mol. The van der Waals surface area contributed by atoms with Crippen LogP contribution >= 0.6 is 28.4 Å². The molecule has 3 rings (SSSR count). The third kappa shape index (κ3) is 4.50. The van der Waals surface area contributed by atoms with E-state index in [-0.39, 0.29) is 0 Å². The van der Waals surface area contributed by atoms with Crippen LogP contribution in [-0.4, -0.2) is 44.5 Å². The maximum atomic E-state index is 5.94. The van der Waals surface area contributed by atoms with Crippen molar-refractivity contribution in [2.75, 3.05) is 20.2 Å². The lowest BCUT2D eigenvalue weighted by Crippen LogP contribution is -2.17. The van der Waals surface area contributed by atoms with Gasteiger partial charge >= 0.3 is 0 Å². The van der Waals surface area contributed by atoms with Crippen LogP contribution in [0.1, 0.15) is 25.2 Å². The number of fused-ring (bicyclic) bond motifs is 1. The van der Waals surface area contributed by atoms with E-state index >= 15 is 0 Å². The lowest BCUT2D eigenvalue weighted by molar-refractivity contribution is 0.292. The van der Waals surface area contributed by atoms with Crippen LogP contribution in [0.3, 0.4) is 0 Å². The zero-order valence-corrected chi connectivity index (χ0v) is 19.5. The van der Waals surface area contributed by atoms with Crippen molar-refractivity contribution in [3.63, 3.8) is 0 Å². The molecule has 0 aliphatic carbocycles. The summed E-state index contributed by atoms with van der Waals surface area (Å²) in [5.74, 6) is 0.725. The number of nitrogens with zero attached hydrogens (tertiary/aromatic N) is 5. The molecule has 146 valence electrons. The average Bonchev–Trinajstić information content (AvgIpc) is 3.19. The number of rotatable bonds is 7. The smallest absolute Gasteiger partial charge is 0.221 e. The fourth-order valence-electron chi connectivity index (χ4n) is 2.74. The molecule has 3 heterocycles. The fraction of sp³-hybridized carbons (Fsp3) is 0.389. The molecular weight excluding hydrogens is 474 g/mol. The summed E-state index contributed by atoms with van der Waals surface area (Å²) in [4.78, 5) is 4.65. The molecule has 3 aromatic heterocycles. The van der Waals surface area contributed by atoms with E-state index in [0.717, 1.165) is 46.0 Å². The van der Waals surface area contributed by atoms with E-state index in [9.17, 15) is 0 Å². The molecule has 1 N–H and O–H groups in total. The highest BCUT2D eigenvalue weighted by Gasteiger charge is 2.19. The van der Waals surface area contributed by atoms with Crippen molar-refractivity contribution >= 4 is 45.4 Å². The topological polar surface area (TPSA) is 69.8 Å². The normalized spacial score (nSPS) is 11.0. The first-order chi connectivity index (χ1) is 13.1. The molecule has 1 atom stereocenters. The number of hydrogen-bond donors (Lipinski definition) is 1. The van der Waals surface area contributed by atoms with Crippen LogP contribution < -0.4 is 10.1 Å². The first kappa shape index (κ1) is 21.8. The van der Waals surface area contributed by atoms with Gasteiger partial charge in [-0.05, 0) is 48.2 Å². The second kappa shape index (κ2) is 10.1. The van der Waals surface area contributed by atoms with Crippen LogP contribution in [-0.2, 0) is 7.05 Å². The summed E-state index contributed by atoms with van der Waals surface area (Å²) < 4.78 is 9.64. The van der Waals surface area contributed by atoms with Crippen molar-refractivity contribution < 1.29 is 4.74 Å². The molecule has 0 saturated heterocycles. The Morgan fingerprint density at radius 3 is 2.74 bits per heavy atom. The number of nitrogens with one attached hydrogen (secondary N) is 1. The Morgan fingerprint density at radius 2 is 2.11 bits per heavy atom. The summed E-state index contributed by atoms with van der Waals surface area (Å²) in [5.41, 5.74) is 4.50. The van der Waals surface area contributed by atoms with E-state index in [0.29, 0.717) is 13.0 Å². The van der Waals surface area contributed by atoms with Gasteiger partial charge in [0.05, 0.1) is 40.7 Å². The van der Waals surface area contributed by atoms with Crippen LogP contribution in [0.4, 0.5) is 0 Å². The van der Waals surface area contributed by atoms with E-state index in [1.54, 1.807) is 10.8 Å². The molecular formula is C18H26IN6OP. The van der Waals surface area contributed by atoms with Crippen molar-refractivity contribution in [1.29, 1.82) is 0 Å². The quantitative estimate of drug-likeness (QED) is 0.299. The molecule has 1 unspecified atom stereocenters. The maximum Gasteiger partial charge on any atom is 0.221 e. The highest BCUT2D eigenvalue weighted by atomic mass is 127. The maximum absolute atomic E-state index is 5.94. The summed E-state index contributed by atoms with van der Waals surface area (Å²) in [6, 6.07) is 2.04. The molecule has 0 bridgehead atoms. The standard InChI is InChI=1S/C16H20IN6OP.C2H6/c1-5-12-11-8-13(19-9-14(11)23(21-12)25-17)15-10(2)20-22(4)16(15)24-7-6-18-3;1-2/h5,8-9,18,25H,1,6-7H2,2-4H3;1-2H3. The number of likely N-dealkylation sites (N-methyl/N-ethyl adjacent to an activating group) is 1. The van der Waals surface area contributed by atoms with Gasteiger partial charge in [0.2, 0.25) is 5.88 Å². The van der Waals surface area contributed by atoms with E-state index in [4.69, 9.17) is 4.74 Å². The molecule has 27 heavy (non-hydrogen) atoms. The van der Waals surface area contributed by atoms with Gasteiger partial charge in [0.25, 0.3) is 0 Å². The van der Waals surface area contributed by atoms with Crippen molar-refractivity contribution in [3.8, 4) is 17.1 Å². The zero-order chi connectivity index (χ0) is 20.0. The lowest BCUT2D eigenvalue weighted by Gasteiger charge is -2.09. The Morgan fingerprint density at radius 1 is 1.37 bits per heavy atom. The summed E-state index contributed by atoms with van der Waals surface area (Å²) in [6.45, 7) is 11.2. The molecule has 0 radical (unpaired) electrons. The second-order valence-electron chi connectivity index (χ2n) is 5.51. The van der Waals surface area contributed by atoms with Gasteiger partial charge in [0.1, 0.15) is 6.61 Å². The van der Waals surface area contributed by atoms with Crippen molar-refractivity contribution in [1.82, 2.24) is 29.6 Å². The first-order valence-electron chi connectivity index (χ1n) is 8.80. The van der Waals surface area contributed by atoms with Gasteiger partial charge in [-0.25, -0.2) is 9.13 Å². The van der Waals surface area contributed by atoms with Crippen LogP contribution in [0, 0.1) is 6.92 Å². The largest absolute Gasteiger partial charge is 0.476 e. The van der Waals surface area contributed by atoms with E-state index in [2.05, 4.69) is 49.1 Å². The molecule has 0 fully saturated rings. The number of pyridine rings is 1. The number of ether oxygens (including phenoxy) is 1. The lowest BCUT2D eigenvalue weighted by atomic mass is 10.1. The molecule has 0 aliphatic heterocycles. The third-order valence-electron chi connectivity index (χ3n) is 3.88. The molecule has 9 heteroatoms. The first-order valence-corrected chi connectivity index (χ1v) is 12.9. The minimum Gasteiger partial charge on any atom is -0.476 e. The van der Waals surface area contributed by atoms with Gasteiger partial charge in [0, 0.05) is 19.0 Å². The van der Waals surface area contributed by atoms with Gasteiger partial charge in [0.15, 0.2) is 0 Å². The number of aromatic nitrogens is 5. The van der Waals surface area contributed by atoms with Gasteiger partial charge in [-0.3, -0.25) is 4.98 Å². The Labute approximate surface area is 174 Å². The Kier molecular flexibility index (Phi) is 8.19. The monoisotopic (exact) mass is 500 g/mol. The SMILES string of the molecule is C=Cc1nn(PI)c2cnc(-c3c(C)nn(C)c3OCCNC)cc12.CC. The molecule has 0 amide bonds. The predicted octanol–water partition coefficient (Wildman–Crippen LogP) is 4.20. The van der Waals surface area contributed by atoms with Gasteiger partial charge in [-0.15, -0.1) is 0 Å². The Bertz CT molecular complexity index is 920. The summed E-state index contributed by atoms with van der Waals surface area (Å²) in [7, 11) is 3.78. The Hall–Kier alpha value is -1.51. The number of aryl methyl sites for hydroxylation is 2. The van der Waals surface area contributed by atoms with Crippen LogP contribution in [0.2, 0.25) is 0 Å². The minimum absolute atomic E-state index is 0.510. The van der Waals surface area contributed by atoms with Crippen molar-refractivity contribution in [2.45, 2.75) is 20.8 Å². The van der Waals surface area contributed by atoms with Crippen molar-refractivity contribution in [2.24, 2.45) is 7.05 Å². The van der Waals surface area contributed by atoms with Crippen LogP contribution in [0.5, 0.6) is 5.88 Å². The molecule has 3 aromatic rings. The molecule has 0 saturated carbocycles. The van der Waals surface area contributed by atoms with Crippen molar-refractivity contribution in [3.05, 3.63) is 30.2 Å². The van der Waals surface area contributed by atoms with Crippen LogP contribution in [0.15, 0.2) is 18.8 Å². The van der Waals surface area contributed by atoms with Gasteiger partial charge < -0.3 is 10.1 Å². The molecule has 0 spiro atoms. The van der Waals surface area contributed by atoms with Crippen LogP contribution in [0.25, 0.3) is 28.2 Å². The van der Waals surface area contributed by atoms with E-state index in [1.165, 1.54) is 0 Å². The molecule has 0 aliphatic rings. The minimum atomic E-state index is 0.510. The van der Waals surface area contributed by atoms with Gasteiger partial charge in [-0.2, -0.15) is 10.2 Å².